The number of phenolic OH excluding ortho intramolecular Hbond substituents is 2. The van der Waals surface area contributed by atoms with E-state index < -0.39 is 5.91 Å². The Bertz CT molecular complexity index is 666. The van der Waals surface area contributed by atoms with E-state index in [2.05, 4.69) is 10.3 Å². The molecular weight excluding hydrogens is 303 g/mol. The topological polar surface area (TPSA) is 82.5 Å². The summed E-state index contributed by atoms with van der Waals surface area (Å²) in [5.74, 6) is -1.17. The van der Waals surface area contributed by atoms with Gasteiger partial charge in [0.1, 0.15) is 5.15 Å². The average Bonchev–Trinajstić information content (AvgIpc) is 2.36. The number of carbonyl (C=O) groups is 1. The Hall–Kier alpha value is -1.98. The monoisotopic (exact) mass is 312 g/mol. The van der Waals surface area contributed by atoms with Crippen LogP contribution >= 0.6 is 23.2 Å². The van der Waals surface area contributed by atoms with Crippen LogP contribution in [0.3, 0.4) is 0 Å². The van der Waals surface area contributed by atoms with Crippen LogP contribution < -0.4 is 5.32 Å². The Morgan fingerprint density at radius 2 is 1.90 bits per heavy atom. The molecule has 0 saturated heterocycles. The van der Waals surface area contributed by atoms with Gasteiger partial charge in [-0.2, -0.15) is 0 Å². The van der Waals surface area contributed by atoms with E-state index >= 15 is 0 Å². The first-order valence-electron chi connectivity index (χ1n) is 5.54. The highest BCUT2D eigenvalue weighted by atomic mass is 35.5. The summed E-state index contributed by atoms with van der Waals surface area (Å²) in [5.41, 5.74) is 1.17. The number of anilines is 1. The second kappa shape index (κ2) is 5.56. The molecule has 0 radical (unpaired) electrons. The molecule has 1 aromatic carbocycles. The third kappa shape index (κ3) is 2.95. The predicted octanol–water partition coefficient (Wildman–Crippen LogP) is 3.36. The summed E-state index contributed by atoms with van der Waals surface area (Å²) in [5, 5.41) is 21.5. The maximum absolute atomic E-state index is 12.0. The minimum atomic E-state index is -0.491. The van der Waals surface area contributed by atoms with Gasteiger partial charge in [-0.1, -0.05) is 23.2 Å². The summed E-state index contributed by atoms with van der Waals surface area (Å²) in [6.45, 7) is 1.73. The summed E-state index contributed by atoms with van der Waals surface area (Å²) in [6, 6.07) is 5.31. The van der Waals surface area contributed by atoms with Crippen molar-refractivity contribution in [2.24, 2.45) is 0 Å². The molecule has 0 aliphatic rings. The number of rotatable bonds is 2. The fraction of sp³-hybridized carbons (Fsp3) is 0.0769. The van der Waals surface area contributed by atoms with Crippen LogP contribution in [-0.4, -0.2) is 21.1 Å². The van der Waals surface area contributed by atoms with Gasteiger partial charge in [0, 0.05) is 5.56 Å². The molecule has 1 heterocycles. The zero-order chi connectivity index (χ0) is 14.9. The number of aromatic hydroxyl groups is 2. The molecular formula is C13H10Cl2N2O3. The molecule has 0 atom stereocenters. The third-order valence-electron chi connectivity index (χ3n) is 2.62. The van der Waals surface area contributed by atoms with Gasteiger partial charge in [0.05, 0.1) is 5.69 Å². The van der Waals surface area contributed by atoms with E-state index in [0.717, 1.165) is 6.07 Å². The van der Waals surface area contributed by atoms with E-state index in [1.54, 1.807) is 13.0 Å². The molecule has 5 nitrogen and oxygen atoms in total. The molecule has 0 unspecified atom stereocenters. The van der Waals surface area contributed by atoms with Gasteiger partial charge in [0.25, 0.3) is 5.91 Å². The van der Waals surface area contributed by atoms with Crippen molar-refractivity contribution in [3.8, 4) is 11.5 Å². The van der Waals surface area contributed by atoms with Gasteiger partial charge < -0.3 is 15.5 Å². The molecule has 7 heteroatoms. The van der Waals surface area contributed by atoms with Crippen molar-refractivity contribution in [3.63, 3.8) is 0 Å². The maximum atomic E-state index is 12.0. The number of phenols is 2. The number of aromatic nitrogens is 1. The molecule has 0 aliphatic heterocycles. The highest BCUT2D eigenvalue weighted by Crippen LogP contribution is 2.28. The molecule has 0 saturated carbocycles. The predicted molar refractivity (Wildman–Crippen MR) is 76.7 cm³/mol. The fourth-order valence-corrected chi connectivity index (χ4v) is 2.17. The lowest BCUT2D eigenvalue weighted by molar-refractivity contribution is 0.102. The lowest BCUT2D eigenvalue weighted by atomic mass is 10.1. The third-order valence-corrected chi connectivity index (χ3v) is 3.08. The quantitative estimate of drug-likeness (QED) is 0.586. The van der Waals surface area contributed by atoms with Gasteiger partial charge in [-0.3, -0.25) is 4.79 Å². The first-order valence-corrected chi connectivity index (χ1v) is 6.30. The second-order valence-electron chi connectivity index (χ2n) is 4.09. The Kier molecular flexibility index (Phi) is 4.01. The zero-order valence-electron chi connectivity index (χ0n) is 10.3. The van der Waals surface area contributed by atoms with E-state index in [9.17, 15) is 15.0 Å². The molecule has 1 aromatic heterocycles. The van der Waals surface area contributed by atoms with Gasteiger partial charge in [0.2, 0.25) is 0 Å². The number of amides is 1. The van der Waals surface area contributed by atoms with Crippen LogP contribution in [0, 0.1) is 6.92 Å². The molecule has 2 aromatic rings. The second-order valence-corrected chi connectivity index (χ2v) is 4.83. The number of nitrogens with zero attached hydrogens (tertiary/aromatic N) is 1. The number of halogens is 2. The van der Waals surface area contributed by atoms with Crippen LogP contribution in [0.2, 0.25) is 10.3 Å². The first-order chi connectivity index (χ1) is 9.38. The molecule has 2 rings (SSSR count). The van der Waals surface area contributed by atoms with Crippen molar-refractivity contribution < 1.29 is 15.0 Å². The number of carbonyl (C=O) groups excluding carboxylic acids is 1. The van der Waals surface area contributed by atoms with Crippen molar-refractivity contribution in [2.75, 3.05) is 5.32 Å². The highest BCUT2D eigenvalue weighted by molar-refractivity contribution is 6.35. The Morgan fingerprint density at radius 3 is 2.50 bits per heavy atom. The van der Waals surface area contributed by atoms with E-state index in [0.29, 0.717) is 11.3 Å². The van der Waals surface area contributed by atoms with Crippen LogP contribution in [-0.2, 0) is 0 Å². The van der Waals surface area contributed by atoms with Crippen molar-refractivity contribution in [1.82, 2.24) is 4.98 Å². The number of pyridine rings is 1. The van der Waals surface area contributed by atoms with E-state index in [-0.39, 0.29) is 27.4 Å². The van der Waals surface area contributed by atoms with E-state index in [4.69, 9.17) is 23.2 Å². The van der Waals surface area contributed by atoms with Gasteiger partial charge in [-0.15, -0.1) is 0 Å². The van der Waals surface area contributed by atoms with Crippen LogP contribution in [0.4, 0.5) is 5.69 Å². The summed E-state index contributed by atoms with van der Waals surface area (Å²) < 4.78 is 0. The molecule has 1 amide bonds. The van der Waals surface area contributed by atoms with Crippen LogP contribution in [0.25, 0.3) is 0 Å². The summed E-state index contributed by atoms with van der Waals surface area (Å²) in [7, 11) is 0. The van der Waals surface area contributed by atoms with Crippen molar-refractivity contribution in [1.29, 1.82) is 0 Å². The summed E-state index contributed by atoms with van der Waals surface area (Å²) >= 11 is 11.7. The number of aryl methyl sites for hydroxylation is 1. The van der Waals surface area contributed by atoms with Crippen LogP contribution in [0.1, 0.15) is 15.9 Å². The van der Waals surface area contributed by atoms with Gasteiger partial charge in [-0.05, 0) is 36.8 Å². The summed E-state index contributed by atoms with van der Waals surface area (Å²) in [4.78, 5) is 15.9. The Labute approximate surface area is 124 Å². The Balaban J connectivity index is 2.30. The molecule has 20 heavy (non-hydrogen) atoms. The van der Waals surface area contributed by atoms with E-state index in [1.165, 1.54) is 12.1 Å². The Morgan fingerprint density at radius 1 is 1.20 bits per heavy atom. The minimum Gasteiger partial charge on any atom is -0.504 e. The number of hydrogen-bond acceptors (Lipinski definition) is 4. The molecule has 0 bridgehead atoms. The molecule has 0 fully saturated rings. The number of benzene rings is 1. The molecule has 0 aliphatic carbocycles. The maximum Gasteiger partial charge on any atom is 0.255 e. The first kappa shape index (κ1) is 14.4. The van der Waals surface area contributed by atoms with Gasteiger partial charge >= 0.3 is 0 Å². The molecule has 104 valence electrons. The van der Waals surface area contributed by atoms with Crippen molar-refractivity contribution in [3.05, 3.63) is 45.7 Å². The lowest BCUT2D eigenvalue weighted by Gasteiger charge is -2.10. The zero-order valence-corrected chi connectivity index (χ0v) is 11.8. The van der Waals surface area contributed by atoms with Crippen molar-refractivity contribution in [2.45, 2.75) is 6.92 Å². The number of hydrogen-bond donors (Lipinski definition) is 3. The lowest BCUT2D eigenvalue weighted by Crippen LogP contribution is -2.13. The van der Waals surface area contributed by atoms with Gasteiger partial charge in [0.15, 0.2) is 16.7 Å². The van der Waals surface area contributed by atoms with E-state index in [1.807, 2.05) is 0 Å². The fourth-order valence-electron chi connectivity index (χ4n) is 1.60. The van der Waals surface area contributed by atoms with Crippen LogP contribution in [0.5, 0.6) is 11.5 Å². The summed E-state index contributed by atoms with van der Waals surface area (Å²) in [6.07, 6.45) is 0. The minimum absolute atomic E-state index is 0.0753. The molecule has 3 N–H and O–H groups in total. The van der Waals surface area contributed by atoms with Gasteiger partial charge in [-0.25, -0.2) is 4.98 Å². The largest absolute Gasteiger partial charge is 0.504 e. The normalized spacial score (nSPS) is 10.3. The average molecular weight is 313 g/mol. The highest BCUT2D eigenvalue weighted by Gasteiger charge is 2.14. The van der Waals surface area contributed by atoms with Crippen molar-refractivity contribution >= 4 is 34.8 Å². The molecule has 0 spiro atoms. The number of nitrogens with one attached hydrogen (secondary N) is 1. The standard InChI is InChI=1S/C13H10Cl2N2O3/c1-6-4-10(14)16-12(15)11(6)17-13(20)7-2-3-8(18)9(19)5-7/h2-5,18-19H,1H3,(H,17,20). The van der Waals surface area contributed by atoms with Crippen LogP contribution in [0.15, 0.2) is 24.3 Å². The SMILES string of the molecule is Cc1cc(Cl)nc(Cl)c1NC(=O)c1ccc(O)c(O)c1. The smallest absolute Gasteiger partial charge is 0.255 e.